The molecule has 316 valence electrons. The van der Waals surface area contributed by atoms with Gasteiger partial charge in [-0.3, -0.25) is 24.0 Å². The fourth-order valence-corrected chi connectivity index (χ4v) is 7.33. The third-order valence-corrected chi connectivity index (χ3v) is 11.0. The van der Waals surface area contributed by atoms with Crippen LogP contribution in [-0.4, -0.2) is 107 Å². The van der Waals surface area contributed by atoms with E-state index in [2.05, 4.69) is 22.5 Å². The van der Waals surface area contributed by atoms with Crippen molar-refractivity contribution in [2.24, 2.45) is 23.2 Å². The normalized spacial score (nSPS) is 27.5. The second-order valence-corrected chi connectivity index (χ2v) is 17.0. The number of likely N-dealkylation sites (N-methyl/N-ethyl adjacent to an activating group) is 1. The molecule has 57 heavy (non-hydrogen) atoms. The van der Waals surface area contributed by atoms with Crippen molar-refractivity contribution in [3.8, 4) is 0 Å². The van der Waals surface area contributed by atoms with Crippen molar-refractivity contribution in [1.29, 1.82) is 0 Å². The maximum absolute atomic E-state index is 14.4. The summed E-state index contributed by atoms with van der Waals surface area (Å²) in [5, 5.41) is 8.35. The third-order valence-electron chi connectivity index (χ3n) is 11.0. The lowest BCUT2D eigenvalue weighted by Gasteiger charge is -2.38. The number of unbranched alkanes of at least 4 members (excludes halogenated alkanes) is 1. The largest absolute Gasteiger partial charge is 0.460 e. The molecule has 2 saturated heterocycles. The Morgan fingerprint density at radius 2 is 1.46 bits per heavy atom. The molecule has 2 aliphatic heterocycles. The summed E-state index contributed by atoms with van der Waals surface area (Å²) < 4.78 is 12.0. The molecule has 3 N–H and O–H groups in total. The van der Waals surface area contributed by atoms with Gasteiger partial charge in [0.25, 0.3) is 5.91 Å². The second kappa shape index (κ2) is 20.6. The van der Waals surface area contributed by atoms with Gasteiger partial charge in [0.2, 0.25) is 23.6 Å². The van der Waals surface area contributed by atoms with E-state index in [9.17, 15) is 33.6 Å². The van der Waals surface area contributed by atoms with E-state index in [1.165, 1.54) is 23.8 Å². The first-order valence-corrected chi connectivity index (χ1v) is 20.3. The van der Waals surface area contributed by atoms with Crippen molar-refractivity contribution in [3.05, 3.63) is 48.6 Å². The molecule has 2 heterocycles. The van der Waals surface area contributed by atoms with E-state index >= 15 is 0 Å². The number of fused-ring (bicyclic) bond motifs is 1. The number of carbonyl (C=O) groups is 7. The fourth-order valence-electron chi connectivity index (χ4n) is 7.33. The van der Waals surface area contributed by atoms with Gasteiger partial charge in [-0.1, -0.05) is 78.0 Å². The minimum Gasteiger partial charge on any atom is -0.460 e. The van der Waals surface area contributed by atoms with Crippen molar-refractivity contribution >= 4 is 41.5 Å². The van der Waals surface area contributed by atoms with Gasteiger partial charge >= 0.3 is 11.9 Å². The highest BCUT2D eigenvalue weighted by atomic mass is 16.6. The van der Waals surface area contributed by atoms with Crippen LogP contribution in [0.5, 0.6) is 0 Å². The Morgan fingerprint density at radius 1 is 0.825 bits per heavy atom. The summed E-state index contributed by atoms with van der Waals surface area (Å²) in [6, 6.07) is 3.62. The first-order valence-electron chi connectivity index (χ1n) is 20.3. The Kier molecular flexibility index (Phi) is 16.9. The van der Waals surface area contributed by atoms with Crippen LogP contribution in [0.15, 0.2) is 43.0 Å². The number of allylic oxidation sites excluding steroid dienone is 1. The van der Waals surface area contributed by atoms with Gasteiger partial charge in [-0.15, -0.1) is 6.58 Å². The lowest BCUT2D eigenvalue weighted by atomic mass is 9.82. The zero-order valence-corrected chi connectivity index (χ0v) is 35.5. The molecule has 0 bridgehead atoms. The van der Waals surface area contributed by atoms with E-state index in [1.807, 2.05) is 6.07 Å². The predicted molar refractivity (Wildman–Crippen MR) is 215 cm³/mol. The topological polar surface area (TPSA) is 181 Å². The summed E-state index contributed by atoms with van der Waals surface area (Å²) in [5.41, 5.74) is -0.639. The Bertz CT molecular complexity index is 1610. The van der Waals surface area contributed by atoms with Crippen molar-refractivity contribution < 1.29 is 43.0 Å². The fraction of sp³-hybridized carbons (Fsp3) is 0.651. The van der Waals surface area contributed by atoms with E-state index in [0.29, 0.717) is 31.2 Å². The summed E-state index contributed by atoms with van der Waals surface area (Å²) in [4.78, 5) is 101. The van der Waals surface area contributed by atoms with Gasteiger partial charge in [-0.2, -0.15) is 0 Å². The maximum Gasteiger partial charge on any atom is 0.329 e. The molecule has 0 radical (unpaired) electrons. The van der Waals surface area contributed by atoms with Crippen LogP contribution in [0.2, 0.25) is 0 Å². The van der Waals surface area contributed by atoms with Crippen LogP contribution in [0.25, 0.3) is 0 Å². The van der Waals surface area contributed by atoms with Crippen LogP contribution >= 0.6 is 0 Å². The molecule has 2 aliphatic rings. The van der Waals surface area contributed by atoms with E-state index in [1.54, 1.807) is 85.7 Å². The Labute approximate surface area is 338 Å². The van der Waals surface area contributed by atoms with Gasteiger partial charge in [-0.05, 0) is 76.2 Å². The molecule has 1 aromatic carbocycles. The van der Waals surface area contributed by atoms with Crippen molar-refractivity contribution in [1.82, 2.24) is 25.8 Å². The van der Waals surface area contributed by atoms with Crippen LogP contribution in [0, 0.1) is 23.2 Å². The summed E-state index contributed by atoms with van der Waals surface area (Å²) >= 11 is 0. The smallest absolute Gasteiger partial charge is 0.329 e. The van der Waals surface area contributed by atoms with E-state index in [-0.39, 0.29) is 19.4 Å². The van der Waals surface area contributed by atoms with Crippen molar-refractivity contribution in [2.75, 3.05) is 13.6 Å². The van der Waals surface area contributed by atoms with Gasteiger partial charge in [0, 0.05) is 20.0 Å². The second-order valence-electron chi connectivity index (χ2n) is 17.0. The summed E-state index contributed by atoms with van der Waals surface area (Å²) in [6.07, 6.45) is 1.65. The molecule has 0 aromatic heterocycles. The Morgan fingerprint density at radius 3 is 2.04 bits per heavy atom. The quantitative estimate of drug-likeness (QED) is 0.191. The number of hydrogen-bond acceptors (Lipinski definition) is 9. The molecule has 0 aliphatic carbocycles. The number of ether oxygens (including phenoxy) is 2. The molecule has 7 atom stereocenters. The highest BCUT2D eigenvalue weighted by Crippen LogP contribution is 2.30. The number of esters is 2. The number of cyclic esters (lactones) is 2. The highest BCUT2D eigenvalue weighted by Gasteiger charge is 2.45. The number of carbonyl (C=O) groups excluding carboxylic acids is 7. The lowest BCUT2D eigenvalue weighted by molar-refractivity contribution is -0.169. The molecule has 0 spiro atoms. The van der Waals surface area contributed by atoms with Crippen LogP contribution in [0.4, 0.5) is 0 Å². The molecule has 14 nitrogen and oxygen atoms in total. The first kappa shape index (κ1) is 46.6. The first-order chi connectivity index (χ1) is 26.7. The van der Waals surface area contributed by atoms with E-state index < -0.39 is 107 Å². The highest BCUT2D eigenvalue weighted by molar-refractivity contribution is 5.96. The van der Waals surface area contributed by atoms with Crippen LogP contribution < -0.4 is 16.0 Å². The summed E-state index contributed by atoms with van der Waals surface area (Å²) in [6.45, 7) is 19.2. The van der Waals surface area contributed by atoms with Gasteiger partial charge < -0.3 is 35.2 Å². The predicted octanol–water partition coefficient (Wildman–Crippen LogP) is 3.71. The number of hydrogen-bond donors (Lipinski definition) is 3. The van der Waals surface area contributed by atoms with Crippen molar-refractivity contribution in [2.45, 2.75) is 143 Å². The van der Waals surface area contributed by atoms with E-state index in [0.717, 1.165) is 0 Å². The molecular weight excluding hydrogens is 730 g/mol. The number of amides is 5. The van der Waals surface area contributed by atoms with Gasteiger partial charge in [0.05, 0.1) is 5.41 Å². The number of benzene rings is 1. The molecular formula is C43H65N5O9. The van der Waals surface area contributed by atoms with Gasteiger partial charge in [-0.25, -0.2) is 9.59 Å². The number of rotatable bonds is 9. The minimum atomic E-state index is -1.35. The van der Waals surface area contributed by atoms with Crippen LogP contribution in [-0.2, 0) is 49.5 Å². The molecule has 7 unspecified atom stereocenters. The van der Waals surface area contributed by atoms with E-state index in [4.69, 9.17) is 9.47 Å². The lowest BCUT2D eigenvalue weighted by Crippen LogP contribution is -2.60. The minimum absolute atomic E-state index is 0.0114. The number of nitrogens with zero attached hydrogens (tertiary/aromatic N) is 2. The van der Waals surface area contributed by atoms with Gasteiger partial charge in [0.15, 0.2) is 6.10 Å². The standard InChI is InChI=1S/C43H65N5O9/c1-12-13-15-22-32-43(9,10)42(55)46-34(26(4)5)39(52)47(11)35(27(6)7)41(54)56-31(24-29-19-16-14-17-20-29)38(51)48-23-18-21-30(48)36(49)45-33(25(2)3)37(50)44-28(8)40(53)57-32/h12,14,16-17,19-20,25-28,30-35H,1,13,15,18,21-24H2,2-11H3,(H,44,50)(H,45,49)(H,46,55). The molecule has 1 aromatic rings. The summed E-state index contributed by atoms with van der Waals surface area (Å²) in [5.74, 6) is -5.77. The number of nitrogens with one attached hydrogen (secondary N) is 3. The molecule has 14 heteroatoms. The molecule has 2 fully saturated rings. The SMILES string of the molecule is C=CCCCC1OC(=O)C(C)NC(=O)C(C(C)C)NC(=O)C2CCCN2C(=O)C(Cc2ccccc2)OC(=O)C(C(C)C)N(C)C(=O)C(C(C)C)NC(=O)C1(C)C. The Balaban J connectivity index is 2.15. The van der Waals surface area contributed by atoms with Gasteiger partial charge in [0.1, 0.15) is 36.3 Å². The zero-order valence-electron chi connectivity index (χ0n) is 35.5. The molecule has 0 saturated carbocycles. The van der Waals surface area contributed by atoms with Crippen LogP contribution in [0.3, 0.4) is 0 Å². The van der Waals surface area contributed by atoms with Crippen molar-refractivity contribution in [3.63, 3.8) is 0 Å². The average Bonchev–Trinajstić information content (AvgIpc) is 3.64. The average molecular weight is 796 g/mol. The molecule has 5 amide bonds. The molecule has 3 rings (SSSR count). The summed E-state index contributed by atoms with van der Waals surface area (Å²) in [7, 11) is 1.47. The Hall–Kier alpha value is -4.75. The zero-order chi connectivity index (χ0) is 42.8. The maximum atomic E-state index is 14.4. The monoisotopic (exact) mass is 795 g/mol. The third kappa shape index (κ3) is 11.9. The van der Waals surface area contributed by atoms with Crippen LogP contribution in [0.1, 0.15) is 100.0 Å².